The van der Waals surface area contributed by atoms with Crippen LogP contribution in [0.25, 0.3) is 0 Å². The van der Waals surface area contributed by atoms with Gasteiger partial charge in [-0.2, -0.15) is 0 Å². The molecule has 0 aromatic heterocycles. The molecule has 4 heteroatoms. The van der Waals surface area contributed by atoms with Gasteiger partial charge in [-0.15, -0.1) is 0 Å². The fourth-order valence-electron chi connectivity index (χ4n) is 0.860. The van der Waals surface area contributed by atoms with Crippen LogP contribution in [0.4, 0.5) is 0 Å². The summed E-state index contributed by atoms with van der Waals surface area (Å²) in [6, 6.07) is 0. The highest BCUT2D eigenvalue weighted by Gasteiger charge is 2.28. The maximum absolute atomic E-state index is 9.21. The number of methoxy groups -OCH3 is 1. The Morgan fingerprint density at radius 3 is 2.73 bits per heavy atom. The zero-order valence-electron chi connectivity index (χ0n) is 6.32. The average molecular weight is 156 g/mol. The Balaban J connectivity index is 2.84. The second-order valence-corrected chi connectivity index (χ2v) is 2.55. The Hall–Kier alpha value is -0.840. The van der Waals surface area contributed by atoms with E-state index in [0.717, 1.165) is 0 Å². The summed E-state index contributed by atoms with van der Waals surface area (Å²) in [6.07, 6.45) is 3.76. The Morgan fingerprint density at radius 2 is 2.27 bits per heavy atom. The van der Waals surface area contributed by atoms with Gasteiger partial charge in [0.15, 0.2) is 0 Å². The number of allylic oxidation sites excluding steroid dienone is 1. The lowest BCUT2D eigenvalue weighted by atomic mass is 9.99. The van der Waals surface area contributed by atoms with E-state index in [0.29, 0.717) is 5.76 Å². The highest BCUT2D eigenvalue weighted by atomic mass is 16.5. The lowest BCUT2D eigenvalue weighted by Gasteiger charge is -2.27. The van der Waals surface area contributed by atoms with Gasteiger partial charge in [-0.3, -0.25) is 0 Å². The van der Waals surface area contributed by atoms with E-state index in [2.05, 4.69) is 0 Å². The number of aliphatic hydroxyl groups is 1. The number of rotatable bonds is 1. The third-order valence-electron chi connectivity index (χ3n) is 1.58. The molecule has 1 aliphatic rings. The summed E-state index contributed by atoms with van der Waals surface area (Å²) in [5, 5.41) is 9.21. The van der Waals surface area contributed by atoms with Crippen LogP contribution in [0.2, 0.25) is 0 Å². The molecule has 0 saturated heterocycles. The van der Waals surface area contributed by atoms with Crippen molar-refractivity contribution >= 4 is 0 Å². The molecule has 62 valence electrons. The third kappa shape index (κ3) is 1.59. The van der Waals surface area contributed by atoms with Crippen LogP contribution < -0.4 is 11.5 Å². The summed E-state index contributed by atoms with van der Waals surface area (Å²) in [6.45, 7) is 0. The fraction of sp³-hybridized carbons (Fsp3) is 0.429. The van der Waals surface area contributed by atoms with E-state index < -0.39 is 11.8 Å². The summed E-state index contributed by atoms with van der Waals surface area (Å²) in [5.74, 6) is 0.570. The maximum atomic E-state index is 9.21. The van der Waals surface area contributed by atoms with E-state index >= 15 is 0 Å². The van der Waals surface area contributed by atoms with Crippen LogP contribution in [0.15, 0.2) is 24.0 Å². The van der Waals surface area contributed by atoms with Gasteiger partial charge in [-0.1, -0.05) is 0 Å². The van der Waals surface area contributed by atoms with Crippen molar-refractivity contribution in [3.05, 3.63) is 24.0 Å². The summed E-state index contributed by atoms with van der Waals surface area (Å²) in [5.41, 5.74) is 9.81. The highest BCUT2D eigenvalue weighted by molar-refractivity contribution is 5.27. The number of hydrogen-bond acceptors (Lipinski definition) is 4. The number of nitrogens with two attached hydrogens (primary N) is 2. The van der Waals surface area contributed by atoms with E-state index in [4.69, 9.17) is 16.2 Å². The molecule has 0 bridgehead atoms. The van der Waals surface area contributed by atoms with Crippen LogP contribution in [0.1, 0.15) is 0 Å². The Labute approximate surface area is 65.1 Å². The first-order chi connectivity index (χ1) is 5.06. The van der Waals surface area contributed by atoms with Gasteiger partial charge in [0.05, 0.1) is 7.11 Å². The number of ether oxygens (including phenoxy) is 1. The minimum Gasteiger partial charge on any atom is -0.497 e. The standard InChI is InChI=1S/C7H12N2O2/c1-11-5-2-3-6(10)7(8,9)4-5/h2-4,6,10H,8-9H2,1H3. The van der Waals surface area contributed by atoms with Gasteiger partial charge in [0.1, 0.15) is 17.5 Å². The SMILES string of the molecule is COC1=CC(N)(N)C(O)C=C1. The first-order valence-corrected chi connectivity index (χ1v) is 3.27. The number of aliphatic hydroxyl groups excluding tert-OH is 1. The van der Waals surface area contributed by atoms with Crippen LogP contribution in [0.5, 0.6) is 0 Å². The predicted molar refractivity (Wildman–Crippen MR) is 41.3 cm³/mol. The van der Waals surface area contributed by atoms with Crippen LogP contribution in [-0.4, -0.2) is 24.0 Å². The predicted octanol–water partition coefficient (Wildman–Crippen LogP) is -0.939. The fourth-order valence-corrected chi connectivity index (χ4v) is 0.860. The van der Waals surface area contributed by atoms with Crippen molar-refractivity contribution < 1.29 is 9.84 Å². The molecule has 0 radical (unpaired) electrons. The van der Waals surface area contributed by atoms with Crippen molar-refractivity contribution in [2.75, 3.05) is 7.11 Å². The van der Waals surface area contributed by atoms with Crippen LogP contribution in [0, 0.1) is 0 Å². The van der Waals surface area contributed by atoms with E-state index in [1.807, 2.05) is 0 Å². The van der Waals surface area contributed by atoms with Gasteiger partial charge in [0.2, 0.25) is 0 Å². The smallest absolute Gasteiger partial charge is 0.117 e. The van der Waals surface area contributed by atoms with E-state index in [1.54, 1.807) is 6.08 Å². The highest BCUT2D eigenvalue weighted by Crippen LogP contribution is 2.14. The molecule has 1 rings (SSSR count). The molecule has 0 fully saturated rings. The molecule has 0 aliphatic heterocycles. The molecule has 1 atom stereocenters. The van der Waals surface area contributed by atoms with Crippen molar-refractivity contribution in [3.8, 4) is 0 Å². The summed E-state index contributed by atoms with van der Waals surface area (Å²) >= 11 is 0. The molecule has 4 nitrogen and oxygen atoms in total. The minimum atomic E-state index is -1.21. The molecule has 1 unspecified atom stereocenters. The minimum absolute atomic E-state index is 0.570. The normalized spacial score (nSPS) is 28.0. The molecule has 0 aromatic rings. The zero-order valence-corrected chi connectivity index (χ0v) is 6.32. The topological polar surface area (TPSA) is 81.5 Å². The molecular formula is C7H12N2O2. The Kier molecular flexibility index (Phi) is 1.99. The zero-order chi connectivity index (χ0) is 8.48. The molecule has 0 aromatic carbocycles. The van der Waals surface area contributed by atoms with Crippen molar-refractivity contribution in [1.82, 2.24) is 0 Å². The van der Waals surface area contributed by atoms with Crippen LogP contribution in [0.3, 0.4) is 0 Å². The Bertz CT molecular complexity index is 208. The van der Waals surface area contributed by atoms with Gasteiger partial charge < -0.3 is 21.3 Å². The van der Waals surface area contributed by atoms with Crippen LogP contribution in [-0.2, 0) is 4.74 Å². The van der Waals surface area contributed by atoms with E-state index in [9.17, 15) is 5.11 Å². The van der Waals surface area contributed by atoms with Gasteiger partial charge in [-0.25, -0.2) is 0 Å². The molecule has 5 N–H and O–H groups in total. The molecule has 0 heterocycles. The van der Waals surface area contributed by atoms with Crippen molar-refractivity contribution in [1.29, 1.82) is 0 Å². The first-order valence-electron chi connectivity index (χ1n) is 3.27. The van der Waals surface area contributed by atoms with Gasteiger partial charge in [0.25, 0.3) is 0 Å². The van der Waals surface area contributed by atoms with Crippen LogP contribution >= 0.6 is 0 Å². The van der Waals surface area contributed by atoms with Crippen molar-refractivity contribution in [3.63, 3.8) is 0 Å². The maximum Gasteiger partial charge on any atom is 0.117 e. The molecule has 0 spiro atoms. The lowest BCUT2D eigenvalue weighted by molar-refractivity contribution is 0.149. The van der Waals surface area contributed by atoms with Gasteiger partial charge in [-0.05, 0) is 18.2 Å². The molecule has 11 heavy (non-hydrogen) atoms. The van der Waals surface area contributed by atoms with E-state index in [-0.39, 0.29) is 0 Å². The second-order valence-electron chi connectivity index (χ2n) is 2.55. The largest absolute Gasteiger partial charge is 0.497 e. The van der Waals surface area contributed by atoms with Gasteiger partial charge >= 0.3 is 0 Å². The second kappa shape index (κ2) is 2.65. The van der Waals surface area contributed by atoms with Gasteiger partial charge in [0, 0.05) is 0 Å². The monoisotopic (exact) mass is 156 g/mol. The quantitative estimate of drug-likeness (QED) is 0.428. The molecule has 0 amide bonds. The lowest BCUT2D eigenvalue weighted by Crippen LogP contribution is -2.57. The summed E-state index contributed by atoms with van der Waals surface area (Å²) < 4.78 is 4.88. The van der Waals surface area contributed by atoms with Crippen molar-refractivity contribution in [2.45, 2.75) is 11.8 Å². The number of hydrogen-bond donors (Lipinski definition) is 3. The molecule has 1 aliphatic carbocycles. The van der Waals surface area contributed by atoms with E-state index in [1.165, 1.54) is 19.3 Å². The summed E-state index contributed by atoms with van der Waals surface area (Å²) in [4.78, 5) is 0. The summed E-state index contributed by atoms with van der Waals surface area (Å²) in [7, 11) is 1.52. The van der Waals surface area contributed by atoms with Crippen molar-refractivity contribution in [2.24, 2.45) is 11.5 Å². The third-order valence-corrected chi connectivity index (χ3v) is 1.58. The Morgan fingerprint density at radius 1 is 1.64 bits per heavy atom. The molecule has 0 saturated carbocycles. The first kappa shape index (κ1) is 8.26. The molecular weight excluding hydrogens is 144 g/mol. The average Bonchev–Trinajstić information content (AvgIpc) is 1.95.